The number of thiazole rings is 1. The van der Waals surface area contributed by atoms with E-state index >= 15 is 0 Å². The zero-order valence-electron chi connectivity index (χ0n) is 14.7. The van der Waals surface area contributed by atoms with E-state index in [-0.39, 0.29) is 22.8 Å². The van der Waals surface area contributed by atoms with Crippen LogP contribution >= 0.6 is 11.3 Å². The molecule has 0 bridgehead atoms. The third-order valence-electron chi connectivity index (χ3n) is 4.82. The van der Waals surface area contributed by atoms with E-state index in [4.69, 9.17) is 0 Å². The van der Waals surface area contributed by atoms with E-state index in [1.807, 2.05) is 16.7 Å². The van der Waals surface area contributed by atoms with Crippen LogP contribution in [0.15, 0.2) is 54.0 Å². The zero-order chi connectivity index (χ0) is 19.4. The van der Waals surface area contributed by atoms with Gasteiger partial charge in [0.25, 0.3) is 5.91 Å². The average Bonchev–Trinajstić information content (AvgIpc) is 3.28. The second-order valence-corrected chi connectivity index (χ2v) is 7.38. The highest BCUT2D eigenvalue weighted by Crippen LogP contribution is 2.32. The maximum atomic E-state index is 13.0. The summed E-state index contributed by atoms with van der Waals surface area (Å²) in [5.74, 6) is -0.926. The number of nitrogens with zero attached hydrogens (tertiary/aromatic N) is 2. The summed E-state index contributed by atoms with van der Waals surface area (Å²) in [7, 11) is 0. The fraction of sp³-hybridized carbons (Fsp3) is 0.0476. The Balaban J connectivity index is 1.56. The van der Waals surface area contributed by atoms with Gasteiger partial charge in [-0.2, -0.15) is 0 Å². The van der Waals surface area contributed by atoms with Crippen molar-refractivity contribution in [2.24, 2.45) is 0 Å². The van der Waals surface area contributed by atoms with Crippen LogP contribution in [0.1, 0.15) is 48.0 Å². The third-order valence-corrected chi connectivity index (χ3v) is 5.78. The molecule has 6 nitrogen and oxygen atoms in total. The number of amides is 1. The number of hydrogen-bond acceptors (Lipinski definition) is 5. The first-order valence-electron chi connectivity index (χ1n) is 8.60. The number of benzene rings is 2. The molecule has 7 heteroatoms. The van der Waals surface area contributed by atoms with Crippen molar-refractivity contribution in [2.45, 2.75) is 6.92 Å². The standard InChI is InChI=1S/C21H13N3O3S/c1-11-10-28-21-23-16(9-24(11)21)20(27)22-15-8-4-7-14-17(15)19(26)13-6-3-2-5-12(13)18(14)25/h2-10H,1H3,(H,22,27). The Morgan fingerprint density at radius 2 is 1.71 bits per heavy atom. The van der Waals surface area contributed by atoms with Crippen LogP contribution in [0.3, 0.4) is 0 Å². The second-order valence-electron chi connectivity index (χ2n) is 6.54. The lowest BCUT2D eigenvalue weighted by Gasteiger charge is -2.20. The largest absolute Gasteiger partial charge is 0.320 e. The Kier molecular flexibility index (Phi) is 3.53. The monoisotopic (exact) mass is 387 g/mol. The maximum absolute atomic E-state index is 13.0. The molecule has 136 valence electrons. The van der Waals surface area contributed by atoms with Crippen LogP contribution in [0.25, 0.3) is 4.96 Å². The number of imidazole rings is 1. The minimum Gasteiger partial charge on any atom is -0.320 e. The van der Waals surface area contributed by atoms with E-state index in [1.54, 1.807) is 48.7 Å². The first kappa shape index (κ1) is 16.6. The molecular weight excluding hydrogens is 374 g/mol. The molecular formula is C21H13N3O3S. The van der Waals surface area contributed by atoms with Crippen LogP contribution in [-0.4, -0.2) is 26.9 Å². The van der Waals surface area contributed by atoms with Gasteiger partial charge >= 0.3 is 0 Å². The van der Waals surface area contributed by atoms with Crippen molar-refractivity contribution in [3.63, 3.8) is 0 Å². The van der Waals surface area contributed by atoms with Gasteiger partial charge in [0.05, 0.1) is 11.3 Å². The summed E-state index contributed by atoms with van der Waals surface area (Å²) >= 11 is 1.45. The van der Waals surface area contributed by atoms with E-state index in [9.17, 15) is 14.4 Å². The number of rotatable bonds is 2. The molecule has 0 aliphatic heterocycles. The van der Waals surface area contributed by atoms with Crippen LogP contribution < -0.4 is 5.32 Å². The molecule has 0 saturated carbocycles. The number of fused-ring (bicyclic) bond motifs is 3. The van der Waals surface area contributed by atoms with Crippen LogP contribution in [0.4, 0.5) is 5.69 Å². The zero-order valence-corrected chi connectivity index (χ0v) is 15.5. The molecule has 1 N–H and O–H groups in total. The number of aryl methyl sites for hydroxylation is 1. The van der Waals surface area contributed by atoms with Crippen molar-refractivity contribution in [3.8, 4) is 0 Å². The molecule has 0 unspecified atom stereocenters. The Morgan fingerprint density at radius 1 is 1.00 bits per heavy atom. The smallest absolute Gasteiger partial charge is 0.275 e. The van der Waals surface area contributed by atoms with Gasteiger partial charge in [-0.3, -0.25) is 18.8 Å². The molecule has 2 aromatic heterocycles. The Labute approximate surface area is 163 Å². The van der Waals surface area contributed by atoms with Gasteiger partial charge in [0.15, 0.2) is 16.5 Å². The lowest BCUT2D eigenvalue weighted by Crippen LogP contribution is -2.24. The second kappa shape index (κ2) is 5.97. The van der Waals surface area contributed by atoms with Crippen LogP contribution in [0.5, 0.6) is 0 Å². The maximum Gasteiger partial charge on any atom is 0.275 e. The molecule has 5 rings (SSSR count). The highest BCUT2D eigenvalue weighted by atomic mass is 32.1. The highest BCUT2D eigenvalue weighted by molar-refractivity contribution is 7.15. The Morgan fingerprint density at radius 3 is 2.46 bits per heavy atom. The molecule has 0 saturated heterocycles. The molecule has 28 heavy (non-hydrogen) atoms. The SMILES string of the molecule is Cc1csc2nc(C(=O)Nc3cccc4c3C(=O)c3ccccc3C4=O)cn12. The first-order valence-corrected chi connectivity index (χ1v) is 9.48. The van der Waals surface area contributed by atoms with E-state index < -0.39 is 5.91 Å². The number of aromatic nitrogens is 2. The molecule has 1 aliphatic carbocycles. The van der Waals surface area contributed by atoms with E-state index in [0.29, 0.717) is 22.4 Å². The summed E-state index contributed by atoms with van der Waals surface area (Å²) in [5.41, 5.74) is 2.79. The van der Waals surface area contributed by atoms with Gasteiger partial charge in [0.2, 0.25) is 0 Å². The van der Waals surface area contributed by atoms with E-state index in [0.717, 1.165) is 10.7 Å². The number of hydrogen-bond donors (Lipinski definition) is 1. The molecule has 2 heterocycles. The van der Waals surface area contributed by atoms with Crippen molar-refractivity contribution < 1.29 is 14.4 Å². The van der Waals surface area contributed by atoms with Gasteiger partial charge in [-0.25, -0.2) is 4.98 Å². The van der Waals surface area contributed by atoms with Crippen molar-refractivity contribution in [3.05, 3.63) is 87.7 Å². The summed E-state index contributed by atoms with van der Waals surface area (Å²) in [6.07, 6.45) is 1.66. The van der Waals surface area contributed by atoms with Crippen molar-refractivity contribution in [1.29, 1.82) is 0 Å². The fourth-order valence-corrected chi connectivity index (χ4v) is 4.29. The summed E-state index contributed by atoms with van der Waals surface area (Å²) in [4.78, 5) is 43.6. The van der Waals surface area contributed by atoms with Gasteiger partial charge < -0.3 is 5.32 Å². The molecule has 0 spiro atoms. The summed E-state index contributed by atoms with van der Waals surface area (Å²) in [6.45, 7) is 1.93. The fourth-order valence-electron chi connectivity index (χ4n) is 3.44. The quantitative estimate of drug-likeness (QED) is 0.500. The summed E-state index contributed by atoms with van der Waals surface area (Å²) < 4.78 is 1.84. The molecule has 1 aliphatic rings. The topological polar surface area (TPSA) is 80.5 Å². The number of anilines is 1. The van der Waals surface area contributed by atoms with E-state index in [2.05, 4.69) is 10.3 Å². The van der Waals surface area contributed by atoms with E-state index in [1.165, 1.54) is 11.3 Å². The van der Waals surface area contributed by atoms with Crippen molar-refractivity contribution in [1.82, 2.24) is 9.38 Å². The van der Waals surface area contributed by atoms with Gasteiger partial charge in [-0.05, 0) is 13.0 Å². The summed E-state index contributed by atoms with van der Waals surface area (Å²) in [5, 5.41) is 4.71. The number of carbonyl (C=O) groups excluding carboxylic acids is 3. The lowest BCUT2D eigenvalue weighted by molar-refractivity contribution is 0.0978. The van der Waals surface area contributed by atoms with Gasteiger partial charge in [0, 0.05) is 34.0 Å². The number of nitrogens with one attached hydrogen (secondary N) is 1. The average molecular weight is 387 g/mol. The molecule has 4 aromatic rings. The number of ketones is 2. The predicted octanol–water partition coefficient (Wildman–Crippen LogP) is 3.73. The molecule has 0 fully saturated rings. The normalized spacial score (nSPS) is 12.8. The van der Waals surface area contributed by atoms with Crippen LogP contribution in [-0.2, 0) is 0 Å². The van der Waals surface area contributed by atoms with Gasteiger partial charge in [-0.15, -0.1) is 11.3 Å². The minimum atomic E-state index is -0.428. The Hall–Kier alpha value is -3.58. The minimum absolute atomic E-state index is 0.219. The van der Waals surface area contributed by atoms with Gasteiger partial charge in [-0.1, -0.05) is 36.4 Å². The van der Waals surface area contributed by atoms with Gasteiger partial charge in [0.1, 0.15) is 5.69 Å². The molecule has 0 atom stereocenters. The summed E-state index contributed by atoms with van der Waals surface area (Å²) in [6, 6.07) is 11.6. The molecule has 2 aromatic carbocycles. The lowest BCUT2D eigenvalue weighted by atomic mass is 9.83. The van der Waals surface area contributed by atoms with Crippen LogP contribution in [0, 0.1) is 6.92 Å². The third kappa shape index (κ3) is 2.33. The van der Waals surface area contributed by atoms with Crippen LogP contribution in [0.2, 0.25) is 0 Å². The number of carbonyl (C=O) groups is 3. The molecule has 0 radical (unpaired) electrons. The predicted molar refractivity (Wildman–Crippen MR) is 106 cm³/mol. The highest BCUT2D eigenvalue weighted by Gasteiger charge is 2.31. The first-order chi connectivity index (χ1) is 13.5. The molecule has 1 amide bonds. The Bertz CT molecular complexity index is 1320. The van der Waals surface area contributed by atoms with Crippen molar-refractivity contribution in [2.75, 3.05) is 5.32 Å². The van der Waals surface area contributed by atoms with Crippen molar-refractivity contribution >= 4 is 39.5 Å².